The standard InChI is InChI=1S/C21H27N5O4/c1-29-17-7-5-16(6-8-17)24-21(28)25-19-18(4-2-9-22-19)20(27)23-10-3-11-26-12-14-30-15-13-26/h2,4-9H,3,10-15H2,1H3,(H,23,27)(H2,22,24,25,28). The van der Waals surface area contributed by atoms with Crippen molar-refractivity contribution in [3.8, 4) is 5.75 Å². The Morgan fingerprint density at radius 3 is 2.63 bits per heavy atom. The van der Waals surface area contributed by atoms with Crippen LogP contribution in [0, 0.1) is 0 Å². The first kappa shape index (κ1) is 21.5. The molecular weight excluding hydrogens is 386 g/mol. The molecule has 0 radical (unpaired) electrons. The van der Waals surface area contributed by atoms with Gasteiger partial charge >= 0.3 is 6.03 Å². The molecule has 9 heteroatoms. The molecule has 1 aliphatic rings. The molecule has 2 heterocycles. The molecule has 0 spiro atoms. The number of methoxy groups -OCH3 is 1. The van der Waals surface area contributed by atoms with Gasteiger partial charge in [0.05, 0.1) is 25.9 Å². The van der Waals surface area contributed by atoms with Crippen LogP contribution in [0.5, 0.6) is 5.75 Å². The second-order valence-electron chi connectivity index (χ2n) is 6.77. The summed E-state index contributed by atoms with van der Waals surface area (Å²) in [6.45, 7) is 4.82. The lowest BCUT2D eigenvalue weighted by atomic mass is 10.2. The molecule has 0 aliphatic carbocycles. The highest BCUT2D eigenvalue weighted by atomic mass is 16.5. The number of carbonyl (C=O) groups excluding carboxylic acids is 2. The smallest absolute Gasteiger partial charge is 0.324 e. The van der Waals surface area contributed by atoms with E-state index in [0.29, 0.717) is 23.5 Å². The third-order valence-electron chi connectivity index (χ3n) is 4.67. The maximum atomic E-state index is 12.6. The van der Waals surface area contributed by atoms with Crippen molar-refractivity contribution in [2.24, 2.45) is 0 Å². The highest BCUT2D eigenvalue weighted by molar-refractivity contribution is 6.05. The lowest BCUT2D eigenvalue weighted by molar-refractivity contribution is 0.0374. The Hall–Kier alpha value is -3.17. The molecular formula is C21H27N5O4. The molecule has 2 aromatic rings. The van der Waals surface area contributed by atoms with Gasteiger partial charge in [-0.2, -0.15) is 0 Å². The Balaban J connectivity index is 1.49. The predicted molar refractivity (Wildman–Crippen MR) is 114 cm³/mol. The molecule has 1 aliphatic heterocycles. The van der Waals surface area contributed by atoms with E-state index in [-0.39, 0.29) is 11.7 Å². The Morgan fingerprint density at radius 2 is 1.90 bits per heavy atom. The number of nitrogens with zero attached hydrogens (tertiary/aromatic N) is 2. The minimum atomic E-state index is -0.486. The number of ether oxygens (including phenoxy) is 2. The van der Waals surface area contributed by atoms with Gasteiger partial charge in [0, 0.05) is 31.5 Å². The second kappa shape index (κ2) is 11.1. The number of benzene rings is 1. The quantitative estimate of drug-likeness (QED) is 0.573. The van der Waals surface area contributed by atoms with Gasteiger partial charge < -0.3 is 20.1 Å². The fourth-order valence-electron chi connectivity index (χ4n) is 3.06. The molecule has 0 atom stereocenters. The molecule has 0 saturated carbocycles. The zero-order valence-corrected chi connectivity index (χ0v) is 17.0. The summed E-state index contributed by atoms with van der Waals surface area (Å²) in [6, 6.07) is 9.74. The first-order valence-corrected chi connectivity index (χ1v) is 9.91. The number of carbonyl (C=O) groups is 2. The van der Waals surface area contributed by atoms with Crippen LogP contribution in [0.15, 0.2) is 42.6 Å². The Morgan fingerprint density at radius 1 is 1.13 bits per heavy atom. The fraction of sp³-hybridized carbons (Fsp3) is 0.381. The van der Waals surface area contributed by atoms with E-state index in [2.05, 4.69) is 25.8 Å². The summed E-state index contributed by atoms with van der Waals surface area (Å²) in [6.07, 6.45) is 2.37. The van der Waals surface area contributed by atoms with Gasteiger partial charge in [0.2, 0.25) is 0 Å². The molecule has 3 N–H and O–H groups in total. The van der Waals surface area contributed by atoms with E-state index in [0.717, 1.165) is 39.3 Å². The van der Waals surface area contributed by atoms with Gasteiger partial charge in [-0.15, -0.1) is 0 Å². The van der Waals surface area contributed by atoms with Crippen molar-refractivity contribution in [2.45, 2.75) is 6.42 Å². The largest absolute Gasteiger partial charge is 0.497 e. The van der Waals surface area contributed by atoms with Crippen LogP contribution >= 0.6 is 0 Å². The maximum absolute atomic E-state index is 12.6. The van der Waals surface area contributed by atoms with Crippen LogP contribution in [0.1, 0.15) is 16.8 Å². The minimum absolute atomic E-state index is 0.203. The zero-order chi connectivity index (χ0) is 21.2. The fourth-order valence-corrected chi connectivity index (χ4v) is 3.06. The first-order valence-electron chi connectivity index (χ1n) is 9.91. The van der Waals surface area contributed by atoms with Crippen LogP contribution in [0.25, 0.3) is 0 Å². The van der Waals surface area contributed by atoms with Crippen molar-refractivity contribution in [1.29, 1.82) is 0 Å². The molecule has 1 fully saturated rings. The number of nitrogens with one attached hydrogen (secondary N) is 3. The Labute approximate surface area is 175 Å². The second-order valence-corrected chi connectivity index (χ2v) is 6.77. The number of aromatic nitrogens is 1. The van der Waals surface area contributed by atoms with Gasteiger partial charge in [-0.25, -0.2) is 9.78 Å². The number of anilines is 2. The summed E-state index contributed by atoms with van der Waals surface area (Å²) >= 11 is 0. The Kier molecular flexibility index (Phi) is 7.99. The van der Waals surface area contributed by atoms with Gasteiger partial charge in [-0.1, -0.05) is 0 Å². The number of hydrogen-bond acceptors (Lipinski definition) is 6. The van der Waals surface area contributed by atoms with Crippen molar-refractivity contribution in [3.63, 3.8) is 0 Å². The molecule has 3 amide bonds. The minimum Gasteiger partial charge on any atom is -0.497 e. The van der Waals surface area contributed by atoms with Crippen LogP contribution < -0.4 is 20.7 Å². The molecule has 9 nitrogen and oxygen atoms in total. The maximum Gasteiger partial charge on any atom is 0.324 e. The summed E-state index contributed by atoms with van der Waals surface area (Å²) in [4.78, 5) is 31.3. The summed E-state index contributed by atoms with van der Waals surface area (Å²) in [7, 11) is 1.57. The first-order chi connectivity index (χ1) is 14.7. The number of hydrogen-bond donors (Lipinski definition) is 3. The lowest BCUT2D eigenvalue weighted by Gasteiger charge is -2.26. The van der Waals surface area contributed by atoms with E-state index in [4.69, 9.17) is 9.47 Å². The number of rotatable bonds is 8. The van der Waals surface area contributed by atoms with Crippen LogP contribution in [0.4, 0.5) is 16.3 Å². The molecule has 30 heavy (non-hydrogen) atoms. The summed E-state index contributed by atoms with van der Waals surface area (Å²) < 4.78 is 10.4. The number of pyridine rings is 1. The molecule has 1 saturated heterocycles. The molecule has 160 valence electrons. The monoisotopic (exact) mass is 413 g/mol. The molecule has 0 bridgehead atoms. The van der Waals surface area contributed by atoms with Crippen molar-refractivity contribution in [3.05, 3.63) is 48.2 Å². The highest BCUT2D eigenvalue weighted by Crippen LogP contribution is 2.16. The average Bonchev–Trinajstić information content (AvgIpc) is 2.78. The number of amides is 3. The van der Waals surface area contributed by atoms with Gasteiger partial charge in [0.1, 0.15) is 11.6 Å². The van der Waals surface area contributed by atoms with E-state index in [1.807, 2.05) is 0 Å². The van der Waals surface area contributed by atoms with Crippen molar-refractivity contribution in [1.82, 2.24) is 15.2 Å². The Bertz CT molecular complexity index is 838. The van der Waals surface area contributed by atoms with E-state index < -0.39 is 6.03 Å². The van der Waals surface area contributed by atoms with Gasteiger partial charge in [-0.05, 0) is 49.4 Å². The van der Waals surface area contributed by atoms with E-state index in [1.54, 1.807) is 43.5 Å². The van der Waals surface area contributed by atoms with Crippen LogP contribution in [-0.4, -0.2) is 68.3 Å². The molecule has 3 rings (SSSR count). The topological polar surface area (TPSA) is 105 Å². The molecule has 0 unspecified atom stereocenters. The predicted octanol–water partition coefficient (Wildman–Crippen LogP) is 2.19. The summed E-state index contributed by atoms with van der Waals surface area (Å²) in [5.74, 6) is 0.622. The zero-order valence-electron chi connectivity index (χ0n) is 17.0. The highest BCUT2D eigenvalue weighted by Gasteiger charge is 2.15. The third kappa shape index (κ3) is 6.43. The SMILES string of the molecule is COc1ccc(NC(=O)Nc2ncccc2C(=O)NCCCN2CCOCC2)cc1. The lowest BCUT2D eigenvalue weighted by Crippen LogP contribution is -2.38. The van der Waals surface area contributed by atoms with E-state index >= 15 is 0 Å². The van der Waals surface area contributed by atoms with Crippen LogP contribution in [0.2, 0.25) is 0 Å². The summed E-state index contributed by atoms with van der Waals surface area (Å²) in [5, 5.41) is 8.23. The van der Waals surface area contributed by atoms with Crippen LogP contribution in [0.3, 0.4) is 0 Å². The van der Waals surface area contributed by atoms with Gasteiger partial charge in [-0.3, -0.25) is 15.0 Å². The third-order valence-corrected chi connectivity index (χ3v) is 4.67. The average molecular weight is 413 g/mol. The number of urea groups is 1. The van der Waals surface area contributed by atoms with E-state index in [9.17, 15) is 9.59 Å². The normalized spacial score (nSPS) is 14.0. The van der Waals surface area contributed by atoms with Gasteiger partial charge in [0.25, 0.3) is 5.91 Å². The molecule has 1 aromatic heterocycles. The van der Waals surface area contributed by atoms with Gasteiger partial charge in [0.15, 0.2) is 0 Å². The number of morpholine rings is 1. The van der Waals surface area contributed by atoms with Crippen LogP contribution in [-0.2, 0) is 4.74 Å². The summed E-state index contributed by atoms with van der Waals surface area (Å²) in [5.41, 5.74) is 0.909. The van der Waals surface area contributed by atoms with Crippen molar-refractivity contribution >= 4 is 23.4 Å². The van der Waals surface area contributed by atoms with Crippen molar-refractivity contribution in [2.75, 3.05) is 57.1 Å². The van der Waals surface area contributed by atoms with E-state index in [1.165, 1.54) is 6.20 Å². The molecule has 1 aromatic carbocycles. The van der Waals surface area contributed by atoms with Crippen molar-refractivity contribution < 1.29 is 19.1 Å².